The first-order valence-corrected chi connectivity index (χ1v) is 10.4. The molecule has 3 aromatic rings. The van der Waals surface area contributed by atoms with Crippen molar-refractivity contribution in [2.24, 2.45) is 0 Å². The Morgan fingerprint density at radius 2 is 2.07 bits per heavy atom. The monoisotopic (exact) mass is 386 g/mol. The molecule has 3 aromatic heterocycles. The lowest BCUT2D eigenvalue weighted by molar-refractivity contribution is 0.742. The molecule has 4 nitrogen and oxygen atoms in total. The van der Waals surface area contributed by atoms with Crippen LogP contribution in [0.1, 0.15) is 31.7 Å². The number of nitrogens with zero attached hydrogens (tertiary/aromatic N) is 3. The second-order valence-electron chi connectivity index (χ2n) is 6.64. The highest BCUT2D eigenvalue weighted by atomic mass is 32.1. The minimum absolute atomic E-state index is 0.826. The SMILES string of the molecule is C#Cc1ccsc1-c1nc2cnccn2c1NCCCCC.c1cc2cc-2c1. The number of aromatic nitrogens is 3. The van der Waals surface area contributed by atoms with Crippen LogP contribution in [-0.2, 0) is 0 Å². The molecule has 0 atom stereocenters. The highest BCUT2D eigenvalue weighted by Crippen LogP contribution is 2.34. The number of imidazole rings is 1. The van der Waals surface area contributed by atoms with Crippen LogP contribution >= 0.6 is 11.3 Å². The summed E-state index contributed by atoms with van der Waals surface area (Å²) in [4.78, 5) is 9.90. The molecule has 0 aromatic carbocycles. The first-order valence-electron chi connectivity index (χ1n) is 9.52. The number of thiophene rings is 1. The van der Waals surface area contributed by atoms with Crippen LogP contribution < -0.4 is 5.32 Å². The van der Waals surface area contributed by atoms with Gasteiger partial charge in [0.2, 0.25) is 0 Å². The Balaban J connectivity index is 0.000000268. The van der Waals surface area contributed by atoms with E-state index in [2.05, 4.69) is 47.4 Å². The summed E-state index contributed by atoms with van der Waals surface area (Å²) in [6.45, 7) is 3.13. The van der Waals surface area contributed by atoms with Crippen LogP contribution in [0, 0.1) is 12.3 Å². The fourth-order valence-electron chi connectivity index (χ4n) is 3.10. The number of rotatable bonds is 6. The van der Waals surface area contributed by atoms with Gasteiger partial charge in [-0.3, -0.25) is 9.38 Å². The molecule has 0 fully saturated rings. The van der Waals surface area contributed by atoms with Crippen molar-refractivity contribution in [3.63, 3.8) is 0 Å². The van der Waals surface area contributed by atoms with Crippen molar-refractivity contribution in [2.45, 2.75) is 26.2 Å². The molecule has 0 bridgehead atoms. The zero-order chi connectivity index (χ0) is 19.3. The number of nitrogens with one attached hydrogen (secondary N) is 1. The second kappa shape index (κ2) is 8.28. The third kappa shape index (κ3) is 3.78. The first kappa shape index (κ1) is 18.3. The van der Waals surface area contributed by atoms with Crippen LogP contribution in [0.2, 0.25) is 0 Å². The molecular formula is C23H22N4S. The summed E-state index contributed by atoms with van der Waals surface area (Å²) in [5.74, 6) is 3.73. The number of terminal acetylenes is 1. The molecule has 2 aliphatic carbocycles. The largest absolute Gasteiger partial charge is 0.369 e. The fourth-order valence-corrected chi connectivity index (χ4v) is 3.95. The van der Waals surface area contributed by atoms with Gasteiger partial charge in [0.25, 0.3) is 0 Å². The Kier molecular flexibility index (Phi) is 5.41. The lowest BCUT2D eigenvalue weighted by Crippen LogP contribution is -2.05. The molecule has 0 aliphatic heterocycles. The fraction of sp³-hybridized carbons (Fsp3) is 0.217. The Morgan fingerprint density at radius 3 is 2.75 bits per heavy atom. The molecule has 2 aliphatic rings. The van der Waals surface area contributed by atoms with E-state index in [0.717, 1.165) is 40.6 Å². The van der Waals surface area contributed by atoms with E-state index >= 15 is 0 Å². The summed E-state index contributed by atoms with van der Waals surface area (Å²) < 4.78 is 2.04. The van der Waals surface area contributed by atoms with Gasteiger partial charge in [-0.1, -0.05) is 43.9 Å². The van der Waals surface area contributed by atoms with Crippen LogP contribution in [-0.4, -0.2) is 20.9 Å². The van der Waals surface area contributed by atoms with E-state index in [4.69, 9.17) is 11.4 Å². The molecule has 0 saturated carbocycles. The van der Waals surface area contributed by atoms with Gasteiger partial charge < -0.3 is 5.32 Å². The highest BCUT2D eigenvalue weighted by molar-refractivity contribution is 7.13. The number of hydrogen-bond donors (Lipinski definition) is 1. The summed E-state index contributed by atoms with van der Waals surface area (Å²) in [7, 11) is 0. The molecule has 3 heterocycles. The standard InChI is InChI=1S/C17H18N4S.C6H4/c1-3-5-6-8-19-17-15(16-13(4-2)7-11-22-16)20-14-12-18-9-10-21(14)17;1-2-5-4-6(5)3-1/h2,7,9-12,19H,3,5-6,8H2,1H3;1-4H. The van der Waals surface area contributed by atoms with Crippen LogP contribution in [0.25, 0.3) is 27.3 Å². The van der Waals surface area contributed by atoms with Gasteiger partial charge in [-0.2, -0.15) is 0 Å². The van der Waals surface area contributed by atoms with Crippen molar-refractivity contribution in [1.29, 1.82) is 0 Å². The van der Waals surface area contributed by atoms with Crippen molar-refractivity contribution in [2.75, 3.05) is 11.9 Å². The lowest BCUT2D eigenvalue weighted by Gasteiger charge is -2.08. The number of hydrogen-bond acceptors (Lipinski definition) is 4. The Hall–Kier alpha value is -3.10. The minimum atomic E-state index is 0.826. The molecule has 28 heavy (non-hydrogen) atoms. The smallest absolute Gasteiger partial charge is 0.157 e. The predicted molar refractivity (Wildman–Crippen MR) is 118 cm³/mol. The Bertz CT molecular complexity index is 1120. The minimum Gasteiger partial charge on any atom is -0.369 e. The molecule has 1 N–H and O–H groups in total. The third-order valence-electron chi connectivity index (χ3n) is 4.65. The zero-order valence-corrected chi connectivity index (χ0v) is 16.7. The van der Waals surface area contributed by atoms with Crippen molar-refractivity contribution >= 4 is 22.8 Å². The quantitative estimate of drug-likeness (QED) is 0.300. The average molecular weight is 387 g/mol. The highest BCUT2D eigenvalue weighted by Gasteiger charge is 2.17. The van der Waals surface area contributed by atoms with Gasteiger partial charge in [-0.25, -0.2) is 4.98 Å². The van der Waals surface area contributed by atoms with Gasteiger partial charge >= 0.3 is 0 Å². The maximum Gasteiger partial charge on any atom is 0.157 e. The van der Waals surface area contributed by atoms with Crippen molar-refractivity contribution in [3.05, 3.63) is 59.9 Å². The summed E-state index contributed by atoms with van der Waals surface area (Å²) >= 11 is 1.62. The number of benzene rings is 1. The number of fused-ring (bicyclic) bond motifs is 2. The van der Waals surface area contributed by atoms with Crippen molar-refractivity contribution < 1.29 is 0 Å². The van der Waals surface area contributed by atoms with Gasteiger partial charge in [-0.05, 0) is 35.1 Å². The van der Waals surface area contributed by atoms with Gasteiger partial charge in [0, 0.05) is 24.5 Å². The van der Waals surface area contributed by atoms with Crippen molar-refractivity contribution in [1.82, 2.24) is 14.4 Å². The molecular weight excluding hydrogens is 364 g/mol. The Labute approximate surface area is 169 Å². The van der Waals surface area contributed by atoms with E-state index in [-0.39, 0.29) is 0 Å². The number of unbranched alkanes of at least 4 members (excludes halogenated alkanes) is 2. The molecule has 0 amide bonds. The molecule has 0 spiro atoms. The van der Waals surface area contributed by atoms with Gasteiger partial charge in [0.05, 0.1) is 11.1 Å². The summed E-state index contributed by atoms with van der Waals surface area (Å²) in [5.41, 5.74) is 5.47. The molecule has 0 unspecified atom stereocenters. The third-order valence-corrected chi connectivity index (χ3v) is 5.57. The van der Waals surface area contributed by atoms with E-state index in [1.807, 2.05) is 22.0 Å². The normalized spacial score (nSPS) is 10.9. The summed E-state index contributed by atoms with van der Waals surface area (Å²) in [5, 5.41) is 5.53. The zero-order valence-electron chi connectivity index (χ0n) is 15.9. The van der Waals surface area contributed by atoms with Crippen LogP contribution in [0.15, 0.2) is 54.3 Å². The van der Waals surface area contributed by atoms with E-state index in [9.17, 15) is 0 Å². The molecule has 5 rings (SSSR count). The van der Waals surface area contributed by atoms with Gasteiger partial charge in [-0.15, -0.1) is 17.8 Å². The second-order valence-corrected chi connectivity index (χ2v) is 7.55. The lowest BCUT2D eigenvalue weighted by atomic mass is 10.2. The molecule has 5 heteroatoms. The maximum atomic E-state index is 5.61. The van der Waals surface area contributed by atoms with E-state index in [0.29, 0.717) is 0 Å². The van der Waals surface area contributed by atoms with E-state index in [1.165, 1.54) is 24.0 Å². The molecule has 0 radical (unpaired) electrons. The summed E-state index contributed by atoms with van der Waals surface area (Å²) in [6, 6.07) is 10.4. The average Bonchev–Trinajstić information content (AvgIpc) is 3.12. The number of anilines is 1. The van der Waals surface area contributed by atoms with Gasteiger partial charge in [0.1, 0.15) is 11.5 Å². The summed E-state index contributed by atoms with van der Waals surface area (Å²) in [6.07, 6.45) is 14.6. The maximum absolute atomic E-state index is 5.61. The van der Waals surface area contributed by atoms with E-state index < -0.39 is 0 Å². The molecule has 0 saturated heterocycles. The first-order chi connectivity index (χ1) is 13.8. The molecule has 140 valence electrons. The van der Waals surface area contributed by atoms with Crippen molar-refractivity contribution in [3.8, 4) is 34.0 Å². The van der Waals surface area contributed by atoms with Gasteiger partial charge in [0.15, 0.2) is 5.65 Å². The van der Waals surface area contributed by atoms with Crippen LogP contribution in [0.3, 0.4) is 0 Å². The van der Waals surface area contributed by atoms with Crippen LogP contribution in [0.4, 0.5) is 5.82 Å². The predicted octanol–water partition coefficient (Wildman–Crippen LogP) is 5.71. The van der Waals surface area contributed by atoms with Crippen LogP contribution in [0.5, 0.6) is 0 Å². The van der Waals surface area contributed by atoms with E-state index in [1.54, 1.807) is 23.7 Å². The topological polar surface area (TPSA) is 42.2 Å². The Morgan fingerprint density at radius 1 is 1.21 bits per heavy atom.